The smallest absolute Gasteiger partial charge is 0.425 e. The summed E-state index contributed by atoms with van der Waals surface area (Å²) in [7, 11) is -0.0314. The van der Waals surface area contributed by atoms with Gasteiger partial charge in [0, 0.05) is 25.3 Å². The van der Waals surface area contributed by atoms with Gasteiger partial charge in [0.1, 0.15) is 11.5 Å². The number of rotatable bonds is 9. The summed E-state index contributed by atoms with van der Waals surface area (Å²) in [5.41, 5.74) is 4.79. The Balaban J connectivity index is 0.00000148. The maximum atomic E-state index is 10.2. The van der Waals surface area contributed by atoms with Gasteiger partial charge in [-0.3, -0.25) is 4.40 Å². The van der Waals surface area contributed by atoms with Crippen LogP contribution in [0.3, 0.4) is 0 Å². The molecule has 10 heteroatoms. The molecule has 0 saturated carbocycles. The Morgan fingerprint density at radius 2 is 1.61 bits per heavy atom. The number of furan rings is 1. The largest absolute Gasteiger partial charge is 0.469 e. The summed E-state index contributed by atoms with van der Waals surface area (Å²) in [6.07, 6.45) is 4.40. The third-order valence-corrected chi connectivity index (χ3v) is 5.81. The first kappa shape index (κ1) is 25.5. The molecule has 1 atom stereocenters. The first-order chi connectivity index (χ1) is 17.7. The van der Waals surface area contributed by atoms with Gasteiger partial charge >= 0.3 is 8.60 Å². The molecule has 0 aliphatic rings. The molecular formula is C26H26N3O6P. The van der Waals surface area contributed by atoms with E-state index < -0.39 is 8.60 Å². The van der Waals surface area contributed by atoms with Crippen LogP contribution in [0.25, 0.3) is 16.9 Å². The fraction of sp³-hybridized carbons (Fsp3) is 0.154. The van der Waals surface area contributed by atoms with Crippen molar-refractivity contribution in [2.45, 2.75) is 12.8 Å². The molecule has 3 aromatic heterocycles. The molecule has 1 unspecified atom stereocenters. The van der Waals surface area contributed by atoms with E-state index in [0.717, 1.165) is 29.6 Å². The molecule has 9 nitrogen and oxygen atoms in total. The van der Waals surface area contributed by atoms with Crippen LogP contribution in [0.5, 0.6) is 5.88 Å². The predicted octanol–water partition coefficient (Wildman–Crippen LogP) is 4.96. The van der Waals surface area contributed by atoms with Crippen molar-refractivity contribution >= 4 is 14.2 Å². The maximum absolute atomic E-state index is 10.2. The molecule has 5 aromatic rings. The van der Waals surface area contributed by atoms with E-state index in [2.05, 4.69) is 17.0 Å². The second kappa shape index (κ2) is 12.4. The SMILES string of the molecule is CO.COOP(O)Oc1c(Cc2ccco2)nc2c(Cc3ccccc3)nc(-c3ccccc3)cn12. The second-order valence-corrected chi connectivity index (χ2v) is 8.29. The van der Waals surface area contributed by atoms with Crippen LogP contribution in [0.4, 0.5) is 0 Å². The zero-order chi connectivity index (χ0) is 25.3. The zero-order valence-electron chi connectivity index (χ0n) is 19.8. The summed E-state index contributed by atoms with van der Waals surface area (Å²) in [5.74, 6) is 1.05. The number of hydrogen-bond acceptors (Lipinski definition) is 8. The number of nitrogens with zero attached hydrogens (tertiary/aromatic N) is 3. The van der Waals surface area contributed by atoms with E-state index in [9.17, 15) is 4.89 Å². The van der Waals surface area contributed by atoms with Crippen LogP contribution in [-0.2, 0) is 22.4 Å². The first-order valence-electron chi connectivity index (χ1n) is 11.1. The average molecular weight is 507 g/mol. The topological polar surface area (TPSA) is 111 Å². The van der Waals surface area contributed by atoms with Gasteiger partial charge in [-0.15, -0.1) is 4.67 Å². The van der Waals surface area contributed by atoms with Crippen molar-refractivity contribution in [2.24, 2.45) is 0 Å². The summed E-state index contributed by atoms with van der Waals surface area (Å²) < 4.78 is 17.9. The third-order valence-electron chi connectivity index (χ3n) is 5.21. The van der Waals surface area contributed by atoms with Gasteiger partial charge in [0.2, 0.25) is 5.88 Å². The molecule has 36 heavy (non-hydrogen) atoms. The monoisotopic (exact) mass is 507 g/mol. The lowest BCUT2D eigenvalue weighted by atomic mass is 10.1. The van der Waals surface area contributed by atoms with Crippen molar-refractivity contribution < 1.29 is 28.5 Å². The second-order valence-electron chi connectivity index (χ2n) is 7.48. The van der Waals surface area contributed by atoms with E-state index in [4.69, 9.17) is 28.7 Å². The van der Waals surface area contributed by atoms with Crippen LogP contribution in [-0.4, -0.2) is 38.6 Å². The molecule has 2 aromatic carbocycles. The molecule has 0 fully saturated rings. The summed E-state index contributed by atoms with van der Waals surface area (Å²) in [6.45, 7) is 0. The van der Waals surface area contributed by atoms with E-state index in [1.165, 1.54) is 7.11 Å². The molecule has 0 bridgehead atoms. The lowest BCUT2D eigenvalue weighted by Crippen LogP contribution is -2.02. The van der Waals surface area contributed by atoms with Crippen molar-refractivity contribution in [3.8, 4) is 17.1 Å². The molecule has 5 rings (SSSR count). The number of aromatic nitrogens is 3. The minimum atomic E-state index is -2.34. The molecular weight excluding hydrogens is 481 g/mol. The van der Waals surface area contributed by atoms with Crippen LogP contribution in [0.15, 0.2) is 89.7 Å². The summed E-state index contributed by atoms with van der Waals surface area (Å²) in [6, 6.07) is 23.6. The maximum Gasteiger partial charge on any atom is 0.425 e. The fourth-order valence-corrected chi connectivity index (χ4v) is 4.23. The van der Waals surface area contributed by atoms with Crippen LogP contribution in [0, 0.1) is 0 Å². The summed E-state index contributed by atoms with van der Waals surface area (Å²) in [5, 5.41) is 7.00. The minimum absolute atomic E-state index is 0.339. The van der Waals surface area contributed by atoms with Gasteiger partial charge in [-0.1, -0.05) is 60.7 Å². The average Bonchev–Trinajstić information content (AvgIpc) is 3.55. The predicted molar refractivity (Wildman–Crippen MR) is 135 cm³/mol. The number of imidazole rings is 1. The quantitative estimate of drug-likeness (QED) is 0.164. The van der Waals surface area contributed by atoms with Gasteiger partial charge in [-0.25, -0.2) is 14.9 Å². The molecule has 0 aliphatic carbocycles. The van der Waals surface area contributed by atoms with Crippen LogP contribution in [0.1, 0.15) is 22.7 Å². The van der Waals surface area contributed by atoms with Crippen LogP contribution in [0.2, 0.25) is 0 Å². The molecule has 186 valence electrons. The highest BCUT2D eigenvalue weighted by Crippen LogP contribution is 2.39. The van der Waals surface area contributed by atoms with E-state index in [1.807, 2.05) is 66.9 Å². The first-order valence-corrected chi connectivity index (χ1v) is 12.2. The fourth-order valence-electron chi connectivity index (χ4n) is 3.73. The molecule has 0 spiro atoms. The van der Waals surface area contributed by atoms with E-state index >= 15 is 0 Å². The molecule has 0 amide bonds. The Morgan fingerprint density at radius 1 is 0.889 bits per heavy atom. The molecule has 0 aliphatic heterocycles. The zero-order valence-corrected chi connectivity index (χ0v) is 20.7. The normalized spacial score (nSPS) is 11.7. The van der Waals surface area contributed by atoms with E-state index in [1.54, 1.807) is 10.7 Å². The number of hydrogen-bond donors (Lipinski definition) is 2. The number of aliphatic hydroxyl groups is 1. The van der Waals surface area contributed by atoms with Gasteiger partial charge in [0.05, 0.1) is 31.2 Å². The van der Waals surface area contributed by atoms with Crippen LogP contribution < -0.4 is 4.52 Å². The van der Waals surface area contributed by atoms with E-state index in [0.29, 0.717) is 35.8 Å². The Hall–Kier alpha value is -3.59. The molecule has 0 saturated heterocycles. The van der Waals surface area contributed by atoms with Gasteiger partial charge < -0.3 is 18.9 Å². The van der Waals surface area contributed by atoms with Gasteiger partial charge in [-0.2, -0.15) is 0 Å². The van der Waals surface area contributed by atoms with Crippen molar-refractivity contribution in [3.63, 3.8) is 0 Å². The summed E-state index contributed by atoms with van der Waals surface area (Å²) >= 11 is 0. The standard InChI is InChI=1S/C25H22N3O5P.CH4O/c1-30-33-34(29)32-25-22(16-20-13-8-14-31-20)27-24-21(15-18-9-4-2-5-10-18)26-23(17-28(24)25)19-11-6-3-7-12-19;1-2/h2-14,17,29H,15-16H2,1H3;2H,1H3. The summed E-state index contributed by atoms with van der Waals surface area (Å²) in [4.78, 5) is 24.6. The Labute approximate surface area is 209 Å². The Bertz CT molecular complexity index is 1360. The Kier molecular flexibility index (Phi) is 8.78. The Morgan fingerprint density at radius 3 is 2.28 bits per heavy atom. The minimum Gasteiger partial charge on any atom is -0.469 e. The molecule has 3 heterocycles. The molecule has 2 N–H and O–H groups in total. The number of fused-ring (bicyclic) bond motifs is 1. The van der Waals surface area contributed by atoms with Crippen molar-refractivity contribution in [1.82, 2.24) is 14.4 Å². The number of benzene rings is 2. The van der Waals surface area contributed by atoms with Gasteiger partial charge in [-0.05, 0) is 17.7 Å². The van der Waals surface area contributed by atoms with Gasteiger partial charge in [0.15, 0.2) is 5.65 Å². The molecule has 0 radical (unpaired) electrons. The highest BCUT2D eigenvalue weighted by molar-refractivity contribution is 7.40. The third kappa shape index (κ3) is 5.96. The highest BCUT2D eigenvalue weighted by Gasteiger charge is 2.23. The highest BCUT2D eigenvalue weighted by atomic mass is 31.2. The van der Waals surface area contributed by atoms with Crippen molar-refractivity contribution in [1.29, 1.82) is 0 Å². The van der Waals surface area contributed by atoms with Crippen LogP contribution >= 0.6 is 8.60 Å². The lowest BCUT2D eigenvalue weighted by Gasteiger charge is -2.12. The van der Waals surface area contributed by atoms with E-state index in [-0.39, 0.29) is 0 Å². The van der Waals surface area contributed by atoms with Crippen molar-refractivity contribution in [3.05, 3.63) is 108 Å². The van der Waals surface area contributed by atoms with Crippen molar-refractivity contribution in [2.75, 3.05) is 14.2 Å². The van der Waals surface area contributed by atoms with Gasteiger partial charge in [0.25, 0.3) is 0 Å². The lowest BCUT2D eigenvalue weighted by molar-refractivity contribution is -0.184. The number of aliphatic hydroxyl groups excluding tert-OH is 1.